The number of aryl methyl sites for hydroxylation is 1. The zero-order valence-electron chi connectivity index (χ0n) is 12.2. The van der Waals surface area contributed by atoms with Gasteiger partial charge in [-0.05, 0) is 32.0 Å². The zero-order chi connectivity index (χ0) is 15.4. The standard InChI is InChI=1S/C14H17N3O4/c1-4-20-12-7-10(14(18)19)5-6-11(12)21-8-13-16-15-9(2)17(13)3/h5-7H,4,8H2,1-3H3,(H,18,19). The van der Waals surface area contributed by atoms with Crippen molar-refractivity contribution in [1.82, 2.24) is 14.8 Å². The van der Waals surface area contributed by atoms with Crippen LogP contribution in [0.25, 0.3) is 0 Å². The molecule has 0 radical (unpaired) electrons. The van der Waals surface area contributed by atoms with Gasteiger partial charge in [0.2, 0.25) is 0 Å². The van der Waals surface area contributed by atoms with Gasteiger partial charge in [-0.2, -0.15) is 0 Å². The van der Waals surface area contributed by atoms with Gasteiger partial charge in [-0.1, -0.05) is 0 Å². The van der Waals surface area contributed by atoms with Crippen molar-refractivity contribution in [2.24, 2.45) is 7.05 Å². The molecule has 21 heavy (non-hydrogen) atoms. The van der Waals surface area contributed by atoms with Gasteiger partial charge in [0.1, 0.15) is 12.4 Å². The number of benzene rings is 1. The summed E-state index contributed by atoms with van der Waals surface area (Å²) in [5, 5.41) is 17.0. The first-order valence-corrected chi connectivity index (χ1v) is 6.50. The Bertz CT molecular complexity index is 652. The van der Waals surface area contributed by atoms with E-state index in [2.05, 4.69) is 10.2 Å². The van der Waals surface area contributed by atoms with Crippen LogP contribution in [0.4, 0.5) is 0 Å². The third-order valence-corrected chi connectivity index (χ3v) is 3.03. The van der Waals surface area contributed by atoms with Gasteiger partial charge in [-0.3, -0.25) is 0 Å². The summed E-state index contributed by atoms with van der Waals surface area (Å²) in [5.41, 5.74) is 0.153. The van der Waals surface area contributed by atoms with E-state index in [1.807, 2.05) is 25.5 Å². The molecule has 7 heteroatoms. The van der Waals surface area contributed by atoms with Crippen LogP contribution in [0.2, 0.25) is 0 Å². The molecular formula is C14H17N3O4. The third kappa shape index (κ3) is 3.31. The van der Waals surface area contributed by atoms with Crippen molar-refractivity contribution in [1.29, 1.82) is 0 Å². The highest BCUT2D eigenvalue weighted by atomic mass is 16.5. The fraction of sp³-hybridized carbons (Fsp3) is 0.357. The molecule has 0 unspecified atom stereocenters. The number of aromatic carboxylic acids is 1. The summed E-state index contributed by atoms with van der Waals surface area (Å²) < 4.78 is 12.9. The van der Waals surface area contributed by atoms with Crippen LogP contribution in [0, 0.1) is 6.92 Å². The first-order valence-electron chi connectivity index (χ1n) is 6.50. The second-order valence-corrected chi connectivity index (χ2v) is 4.41. The lowest BCUT2D eigenvalue weighted by Gasteiger charge is -2.12. The first kappa shape index (κ1) is 14.8. The molecule has 1 heterocycles. The van der Waals surface area contributed by atoms with Crippen molar-refractivity contribution < 1.29 is 19.4 Å². The van der Waals surface area contributed by atoms with Crippen LogP contribution in [-0.2, 0) is 13.7 Å². The van der Waals surface area contributed by atoms with E-state index in [1.165, 1.54) is 12.1 Å². The highest BCUT2D eigenvalue weighted by Crippen LogP contribution is 2.29. The quantitative estimate of drug-likeness (QED) is 0.873. The number of carbonyl (C=O) groups is 1. The molecule has 1 aromatic heterocycles. The lowest BCUT2D eigenvalue weighted by molar-refractivity contribution is 0.0696. The van der Waals surface area contributed by atoms with Crippen LogP contribution in [0.15, 0.2) is 18.2 Å². The minimum atomic E-state index is -1.01. The number of hydrogen-bond donors (Lipinski definition) is 1. The van der Waals surface area contributed by atoms with Gasteiger partial charge in [0.15, 0.2) is 17.3 Å². The first-order chi connectivity index (χ1) is 10.0. The van der Waals surface area contributed by atoms with Crippen molar-refractivity contribution in [3.8, 4) is 11.5 Å². The smallest absolute Gasteiger partial charge is 0.335 e. The minimum absolute atomic E-state index is 0.153. The molecule has 112 valence electrons. The molecule has 0 aliphatic heterocycles. The monoisotopic (exact) mass is 291 g/mol. The Morgan fingerprint density at radius 2 is 2.05 bits per heavy atom. The van der Waals surface area contributed by atoms with E-state index < -0.39 is 5.97 Å². The number of rotatable bonds is 6. The Kier molecular flexibility index (Phi) is 4.42. The molecule has 0 saturated heterocycles. The van der Waals surface area contributed by atoms with Gasteiger partial charge in [-0.25, -0.2) is 4.79 Å². The molecule has 7 nitrogen and oxygen atoms in total. The van der Waals surface area contributed by atoms with Gasteiger partial charge in [-0.15, -0.1) is 10.2 Å². The topological polar surface area (TPSA) is 86.5 Å². The third-order valence-electron chi connectivity index (χ3n) is 3.03. The molecule has 2 rings (SSSR count). The molecular weight excluding hydrogens is 274 g/mol. The zero-order valence-corrected chi connectivity index (χ0v) is 12.2. The Morgan fingerprint density at radius 3 is 2.62 bits per heavy atom. The number of nitrogens with zero attached hydrogens (tertiary/aromatic N) is 3. The van der Waals surface area contributed by atoms with Crippen molar-refractivity contribution in [3.63, 3.8) is 0 Å². The van der Waals surface area contributed by atoms with Gasteiger partial charge < -0.3 is 19.1 Å². The molecule has 0 saturated carbocycles. The molecule has 0 fully saturated rings. The highest BCUT2D eigenvalue weighted by molar-refractivity contribution is 5.88. The van der Waals surface area contributed by atoms with E-state index in [0.717, 1.165) is 5.82 Å². The van der Waals surface area contributed by atoms with E-state index in [0.29, 0.717) is 23.9 Å². The fourth-order valence-corrected chi connectivity index (χ4v) is 1.75. The van der Waals surface area contributed by atoms with Crippen molar-refractivity contribution >= 4 is 5.97 Å². The summed E-state index contributed by atoms with van der Waals surface area (Å²) in [6.45, 7) is 4.32. The van der Waals surface area contributed by atoms with Crippen molar-refractivity contribution in [2.45, 2.75) is 20.5 Å². The number of carboxylic acids is 1. The highest BCUT2D eigenvalue weighted by Gasteiger charge is 2.12. The van der Waals surface area contributed by atoms with E-state index in [4.69, 9.17) is 14.6 Å². The predicted octanol–water partition coefficient (Wildman–Crippen LogP) is 1.80. The summed E-state index contributed by atoms with van der Waals surface area (Å²) in [5.74, 6) is 1.34. The van der Waals surface area contributed by atoms with Crippen LogP contribution in [-0.4, -0.2) is 32.4 Å². The van der Waals surface area contributed by atoms with E-state index in [1.54, 1.807) is 6.07 Å². The van der Waals surface area contributed by atoms with E-state index >= 15 is 0 Å². The fourth-order valence-electron chi connectivity index (χ4n) is 1.75. The maximum absolute atomic E-state index is 11.0. The molecule has 0 amide bonds. The molecule has 0 spiro atoms. The van der Waals surface area contributed by atoms with Gasteiger partial charge >= 0.3 is 5.97 Å². The number of hydrogen-bond acceptors (Lipinski definition) is 5. The average molecular weight is 291 g/mol. The average Bonchev–Trinajstić information content (AvgIpc) is 2.77. The van der Waals surface area contributed by atoms with E-state index in [-0.39, 0.29) is 12.2 Å². The maximum Gasteiger partial charge on any atom is 0.335 e. The lowest BCUT2D eigenvalue weighted by Crippen LogP contribution is -2.06. The van der Waals surface area contributed by atoms with Crippen LogP contribution < -0.4 is 9.47 Å². The van der Waals surface area contributed by atoms with Crippen LogP contribution in [0.1, 0.15) is 28.9 Å². The Hall–Kier alpha value is -2.57. The summed E-state index contributed by atoms with van der Waals surface area (Å²) in [6.07, 6.45) is 0. The normalized spacial score (nSPS) is 10.4. The molecule has 1 N–H and O–H groups in total. The van der Waals surface area contributed by atoms with Gasteiger partial charge in [0.25, 0.3) is 0 Å². The summed E-state index contributed by atoms with van der Waals surface area (Å²) >= 11 is 0. The number of carboxylic acid groups (broad SMARTS) is 1. The molecule has 2 aromatic rings. The van der Waals surface area contributed by atoms with Crippen LogP contribution >= 0.6 is 0 Å². The second kappa shape index (κ2) is 6.25. The van der Waals surface area contributed by atoms with Crippen molar-refractivity contribution in [3.05, 3.63) is 35.4 Å². The molecule has 1 aromatic carbocycles. The minimum Gasteiger partial charge on any atom is -0.490 e. The number of ether oxygens (including phenoxy) is 2. The Balaban J connectivity index is 2.18. The summed E-state index contributed by atoms with van der Waals surface area (Å²) in [6, 6.07) is 4.50. The molecule has 0 bridgehead atoms. The van der Waals surface area contributed by atoms with Crippen LogP contribution in [0.5, 0.6) is 11.5 Å². The lowest BCUT2D eigenvalue weighted by atomic mass is 10.2. The predicted molar refractivity (Wildman–Crippen MR) is 74.6 cm³/mol. The molecule has 0 atom stereocenters. The summed E-state index contributed by atoms with van der Waals surface area (Å²) in [7, 11) is 1.85. The molecule has 0 aliphatic carbocycles. The molecule has 0 aliphatic rings. The SMILES string of the molecule is CCOc1cc(C(=O)O)ccc1OCc1nnc(C)n1C. The summed E-state index contributed by atoms with van der Waals surface area (Å²) in [4.78, 5) is 11.0. The maximum atomic E-state index is 11.0. The Morgan fingerprint density at radius 1 is 1.29 bits per heavy atom. The van der Waals surface area contributed by atoms with E-state index in [9.17, 15) is 4.79 Å². The van der Waals surface area contributed by atoms with Crippen molar-refractivity contribution in [2.75, 3.05) is 6.61 Å². The largest absolute Gasteiger partial charge is 0.490 e. The van der Waals surface area contributed by atoms with Gasteiger partial charge in [0, 0.05) is 7.05 Å². The van der Waals surface area contributed by atoms with Gasteiger partial charge in [0.05, 0.1) is 12.2 Å². The second-order valence-electron chi connectivity index (χ2n) is 4.41. The Labute approximate surface area is 122 Å². The number of aromatic nitrogens is 3. The van der Waals surface area contributed by atoms with Crippen LogP contribution in [0.3, 0.4) is 0 Å².